The van der Waals surface area contributed by atoms with Gasteiger partial charge in [0.15, 0.2) is 0 Å². The van der Waals surface area contributed by atoms with Gasteiger partial charge in [-0.15, -0.1) is 0 Å². The molecule has 0 aliphatic carbocycles. The Balaban J connectivity index is 1.25. The number of fused-ring (bicyclic) bond motifs is 6. The lowest BCUT2D eigenvalue weighted by atomic mass is 9.90. The van der Waals surface area contributed by atoms with E-state index in [0.29, 0.717) is 62.2 Å². The standard InChI is InChI=1S/C59H31F6N5/c60-58(61,62)49-16-9-17-50(59(63,64)65)57(49)38-21-25-46(56(31-38)70-52-19-8-6-15-44(52)48-30-37(23-27-54(48)70)42-13-4-2-11-40(42)34-68)45-24-20-35(32-66)28-55(45)69-51-18-7-5-14-43(51)47-29-36(22-26-53(47)69)41-12-3-1-10-39(41)33-67/h1-31H. The zero-order chi connectivity index (χ0) is 48.5. The van der Waals surface area contributed by atoms with Crippen LogP contribution >= 0.6 is 0 Å². The van der Waals surface area contributed by atoms with E-state index < -0.39 is 29.0 Å². The van der Waals surface area contributed by atoms with E-state index in [1.807, 2.05) is 118 Å². The van der Waals surface area contributed by atoms with Crippen molar-refractivity contribution in [3.8, 4) is 74.1 Å². The molecule has 70 heavy (non-hydrogen) atoms. The lowest BCUT2D eigenvalue weighted by molar-refractivity contribution is -0.142. The number of alkyl halides is 6. The molecule has 11 rings (SSSR count). The molecule has 2 aromatic heterocycles. The molecule has 0 aliphatic rings. The first-order valence-corrected chi connectivity index (χ1v) is 21.9. The molecule has 5 nitrogen and oxygen atoms in total. The summed E-state index contributed by atoms with van der Waals surface area (Å²) in [5.41, 5.74) is 4.46. The highest BCUT2D eigenvalue weighted by Crippen LogP contribution is 2.48. The summed E-state index contributed by atoms with van der Waals surface area (Å²) in [6.45, 7) is 0. The van der Waals surface area contributed by atoms with Crippen molar-refractivity contribution in [3.05, 3.63) is 216 Å². The maximum absolute atomic E-state index is 14.9. The van der Waals surface area contributed by atoms with E-state index in [-0.39, 0.29) is 11.3 Å². The van der Waals surface area contributed by atoms with Gasteiger partial charge in [-0.05, 0) is 107 Å². The van der Waals surface area contributed by atoms with Crippen molar-refractivity contribution in [1.29, 1.82) is 15.8 Å². The molecule has 0 saturated heterocycles. The molecule has 0 spiro atoms. The topological polar surface area (TPSA) is 81.2 Å². The van der Waals surface area contributed by atoms with E-state index in [1.54, 1.807) is 48.5 Å². The summed E-state index contributed by atoms with van der Waals surface area (Å²) in [5, 5.41) is 33.5. The van der Waals surface area contributed by atoms with Crippen LogP contribution in [-0.2, 0) is 12.4 Å². The summed E-state index contributed by atoms with van der Waals surface area (Å²) in [7, 11) is 0. The predicted octanol–water partition coefficient (Wildman–Crippen LogP) is 16.2. The van der Waals surface area contributed by atoms with Crippen LogP contribution in [0, 0.1) is 34.0 Å². The van der Waals surface area contributed by atoms with E-state index in [2.05, 4.69) is 18.2 Å². The molecule has 11 heteroatoms. The van der Waals surface area contributed by atoms with Gasteiger partial charge in [-0.1, -0.05) is 109 Å². The number of hydrogen-bond donors (Lipinski definition) is 0. The number of hydrogen-bond acceptors (Lipinski definition) is 3. The zero-order valence-corrected chi connectivity index (χ0v) is 36.4. The Hall–Kier alpha value is -9.37. The van der Waals surface area contributed by atoms with Crippen LogP contribution in [0.4, 0.5) is 26.3 Å². The summed E-state index contributed by atoms with van der Waals surface area (Å²) in [6.07, 6.45) is -10.3. The van der Waals surface area contributed by atoms with Crippen molar-refractivity contribution >= 4 is 43.6 Å². The van der Waals surface area contributed by atoms with Crippen LogP contribution in [0.5, 0.6) is 0 Å². The highest BCUT2D eigenvalue weighted by atomic mass is 19.4. The number of halogens is 6. The Morgan fingerprint density at radius 1 is 0.343 bits per heavy atom. The lowest BCUT2D eigenvalue weighted by Gasteiger charge is -2.22. The molecule has 0 radical (unpaired) electrons. The molecule has 0 aliphatic heterocycles. The van der Waals surface area contributed by atoms with Gasteiger partial charge in [0.1, 0.15) is 0 Å². The molecule has 0 unspecified atom stereocenters. The molecule has 0 amide bonds. The van der Waals surface area contributed by atoms with Crippen LogP contribution in [0.2, 0.25) is 0 Å². The largest absolute Gasteiger partial charge is 0.417 e. The van der Waals surface area contributed by atoms with Crippen molar-refractivity contribution in [2.75, 3.05) is 0 Å². The molecule has 0 bridgehead atoms. The summed E-state index contributed by atoms with van der Waals surface area (Å²) < 4.78 is 93.4. The van der Waals surface area contributed by atoms with Crippen molar-refractivity contribution in [3.63, 3.8) is 0 Å². The number of aromatic nitrogens is 2. The van der Waals surface area contributed by atoms with Gasteiger partial charge in [-0.2, -0.15) is 42.1 Å². The third-order valence-electron chi connectivity index (χ3n) is 12.9. The Kier molecular flexibility index (Phi) is 10.2. The average molecular weight is 924 g/mol. The first kappa shape index (κ1) is 43.2. The van der Waals surface area contributed by atoms with Gasteiger partial charge in [0.25, 0.3) is 0 Å². The number of benzene rings is 9. The quantitative estimate of drug-likeness (QED) is 0.156. The van der Waals surface area contributed by atoms with Gasteiger partial charge in [0, 0.05) is 38.2 Å². The minimum Gasteiger partial charge on any atom is -0.309 e. The molecule has 334 valence electrons. The van der Waals surface area contributed by atoms with Crippen molar-refractivity contribution in [1.82, 2.24) is 9.13 Å². The molecule has 0 fully saturated rings. The fourth-order valence-corrected chi connectivity index (χ4v) is 9.91. The van der Waals surface area contributed by atoms with Gasteiger partial charge in [-0.25, -0.2) is 0 Å². The van der Waals surface area contributed by atoms with Crippen LogP contribution in [-0.4, -0.2) is 9.13 Å². The van der Waals surface area contributed by atoms with Gasteiger partial charge < -0.3 is 9.13 Å². The Bertz CT molecular complexity index is 4060. The van der Waals surface area contributed by atoms with Crippen LogP contribution in [0.15, 0.2) is 188 Å². The van der Waals surface area contributed by atoms with Crippen LogP contribution in [0.3, 0.4) is 0 Å². The van der Waals surface area contributed by atoms with E-state index in [9.17, 15) is 42.1 Å². The van der Waals surface area contributed by atoms with Crippen molar-refractivity contribution in [2.24, 2.45) is 0 Å². The smallest absolute Gasteiger partial charge is 0.309 e. The first-order chi connectivity index (χ1) is 33.9. The SMILES string of the molecule is N#Cc1ccc(-c2ccc(-c3c(C(F)(F)F)cccc3C(F)(F)F)cc2-n2c3ccccc3c3cc(-c4ccccc4C#N)ccc32)c(-n2c3ccccc3c3cc(-c4ccccc4C#N)ccc32)c1. The van der Waals surface area contributed by atoms with Gasteiger partial charge in [-0.3, -0.25) is 0 Å². The molecule has 0 saturated carbocycles. The third kappa shape index (κ3) is 7.01. The molecule has 2 heterocycles. The highest BCUT2D eigenvalue weighted by Gasteiger charge is 2.41. The second-order valence-corrected chi connectivity index (χ2v) is 16.8. The number of rotatable bonds is 6. The minimum absolute atomic E-state index is 0.265. The summed E-state index contributed by atoms with van der Waals surface area (Å²) in [5.74, 6) is 0. The zero-order valence-electron chi connectivity index (χ0n) is 36.4. The highest BCUT2D eigenvalue weighted by molar-refractivity contribution is 6.13. The molecule has 11 aromatic rings. The monoisotopic (exact) mass is 923 g/mol. The summed E-state index contributed by atoms with van der Waals surface area (Å²) in [4.78, 5) is 0. The Labute approximate surface area is 395 Å². The minimum atomic E-state index is -5.15. The van der Waals surface area contributed by atoms with E-state index >= 15 is 0 Å². The van der Waals surface area contributed by atoms with Gasteiger partial charge in [0.05, 0.1) is 79.5 Å². The predicted molar refractivity (Wildman–Crippen MR) is 261 cm³/mol. The van der Waals surface area contributed by atoms with Crippen LogP contribution in [0.1, 0.15) is 27.8 Å². The summed E-state index contributed by atoms with van der Waals surface area (Å²) in [6, 6.07) is 59.2. The van der Waals surface area contributed by atoms with Gasteiger partial charge in [0.2, 0.25) is 0 Å². The number of nitriles is 3. The maximum Gasteiger partial charge on any atom is 0.417 e. The van der Waals surface area contributed by atoms with E-state index in [0.717, 1.165) is 55.3 Å². The fourth-order valence-electron chi connectivity index (χ4n) is 9.91. The van der Waals surface area contributed by atoms with Crippen LogP contribution in [0.25, 0.3) is 99.5 Å². The molecule has 0 atom stereocenters. The number of para-hydroxylation sites is 2. The first-order valence-electron chi connectivity index (χ1n) is 21.9. The molecular weight excluding hydrogens is 893 g/mol. The molecular formula is C59H31F6N5. The van der Waals surface area contributed by atoms with Crippen LogP contribution < -0.4 is 0 Å². The molecule has 0 N–H and O–H groups in total. The van der Waals surface area contributed by atoms with E-state index in [4.69, 9.17) is 0 Å². The van der Waals surface area contributed by atoms with Gasteiger partial charge >= 0.3 is 12.4 Å². The second-order valence-electron chi connectivity index (χ2n) is 16.8. The second kappa shape index (κ2) is 16.4. The fraction of sp³-hybridized carbons (Fsp3) is 0.0339. The molecule has 9 aromatic carbocycles. The average Bonchev–Trinajstić information content (AvgIpc) is 3.89. The Morgan fingerprint density at radius 3 is 1.26 bits per heavy atom. The normalized spacial score (nSPS) is 11.8. The van der Waals surface area contributed by atoms with Crippen molar-refractivity contribution < 1.29 is 26.3 Å². The maximum atomic E-state index is 14.9. The summed E-state index contributed by atoms with van der Waals surface area (Å²) >= 11 is 0. The third-order valence-corrected chi connectivity index (χ3v) is 12.9. The van der Waals surface area contributed by atoms with Crippen molar-refractivity contribution in [2.45, 2.75) is 12.4 Å². The van der Waals surface area contributed by atoms with E-state index in [1.165, 1.54) is 12.1 Å². The lowest BCUT2D eigenvalue weighted by Crippen LogP contribution is -2.14. The number of nitrogens with zero attached hydrogens (tertiary/aromatic N) is 5. The Morgan fingerprint density at radius 2 is 0.771 bits per heavy atom.